The van der Waals surface area contributed by atoms with Gasteiger partial charge in [0.1, 0.15) is 0 Å². The molecule has 0 aliphatic rings. The molecule has 4 nitrogen and oxygen atoms in total. The molecule has 0 atom stereocenters. The van der Waals surface area contributed by atoms with E-state index in [0.717, 1.165) is 12.0 Å². The number of ether oxygens (including phenoxy) is 1. The van der Waals surface area contributed by atoms with Gasteiger partial charge in [0.25, 0.3) is 0 Å². The van der Waals surface area contributed by atoms with Gasteiger partial charge in [-0.3, -0.25) is 0 Å². The van der Waals surface area contributed by atoms with Crippen molar-refractivity contribution in [1.82, 2.24) is 0 Å². The van der Waals surface area contributed by atoms with E-state index in [0.29, 0.717) is 19.3 Å². The highest BCUT2D eigenvalue weighted by Gasteiger charge is 2.33. The summed E-state index contributed by atoms with van der Waals surface area (Å²) in [5.41, 5.74) is 0.996. The Morgan fingerprint density at radius 2 is 1.93 bits per heavy atom. The highest BCUT2D eigenvalue weighted by molar-refractivity contribution is 6.59. The van der Waals surface area contributed by atoms with Crippen LogP contribution >= 0.6 is 0 Å². The standard InChI is InChI=1S/C9H20O4Si/c1-9(2)8-13-6-5-7-14(10,11-3)12-4/h10H,1,5-8H2,2-4H3. The highest BCUT2D eigenvalue weighted by atomic mass is 28.4. The Bertz CT molecular complexity index is 168. The van der Waals surface area contributed by atoms with Gasteiger partial charge < -0.3 is 18.4 Å². The molecule has 0 fully saturated rings. The predicted octanol–water partition coefficient (Wildman–Crippen LogP) is 1.19. The summed E-state index contributed by atoms with van der Waals surface area (Å²) in [7, 11) is 0.0486. The van der Waals surface area contributed by atoms with Crippen molar-refractivity contribution in [3.63, 3.8) is 0 Å². The van der Waals surface area contributed by atoms with Crippen LogP contribution in [0.5, 0.6) is 0 Å². The van der Waals surface area contributed by atoms with Gasteiger partial charge in [-0.1, -0.05) is 12.2 Å². The second kappa shape index (κ2) is 7.14. The van der Waals surface area contributed by atoms with E-state index in [1.54, 1.807) is 0 Å². The molecule has 0 aromatic rings. The quantitative estimate of drug-likeness (QED) is 0.379. The van der Waals surface area contributed by atoms with Gasteiger partial charge in [0.2, 0.25) is 0 Å². The largest absolute Gasteiger partial charge is 0.497 e. The van der Waals surface area contributed by atoms with Crippen LogP contribution in [0.2, 0.25) is 6.04 Å². The normalized spacial score (nSPS) is 11.7. The first-order valence-corrected chi connectivity index (χ1v) is 6.56. The van der Waals surface area contributed by atoms with Crippen molar-refractivity contribution in [3.8, 4) is 0 Å². The molecule has 0 amide bonds. The molecule has 0 radical (unpaired) electrons. The molecule has 0 aromatic heterocycles. The Hall–Kier alpha value is -0.203. The smallest absolute Gasteiger partial charge is 0.390 e. The predicted molar refractivity (Wildman–Crippen MR) is 57.0 cm³/mol. The maximum atomic E-state index is 9.66. The molecule has 5 heteroatoms. The lowest BCUT2D eigenvalue weighted by Gasteiger charge is -2.19. The fraction of sp³-hybridized carbons (Fsp3) is 0.778. The van der Waals surface area contributed by atoms with Gasteiger partial charge in [-0.05, 0) is 13.3 Å². The van der Waals surface area contributed by atoms with Crippen LogP contribution in [0.25, 0.3) is 0 Å². The molecule has 0 heterocycles. The number of hydrogen-bond acceptors (Lipinski definition) is 4. The van der Waals surface area contributed by atoms with Crippen molar-refractivity contribution >= 4 is 8.80 Å². The van der Waals surface area contributed by atoms with Gasteiger partial charge in [0, 0.05) is 26.9 Å². The average molecular weight is 220 g/mol. The molecule has 1 N–H and O–H groups in total. The molecule has 14 heavy (non-hydrogen) atoms. The Balaban J connectivity index is 3.47. The zero-order valence-electron chi connectivity index (χ0n) is 9.21. The van der Waals surface area contributed by atoms with Crippen LogP contribution < -0.4 is 0 Å². The molecule has 0 spiro atoms. The zero-order valence-corrected chi connectivity index (χ0v) is 10.2. The summed E-state index contributed by atoms with van der Waals surface area (Å²) < 4.78 is 15.1. The van der Waals surface area contributed by atoms with E-state index in [9.17, 15) is 4.80 Å². The van der Waals surface area contributed by atoms with E-state index < -0.39 is 8.80 Å². The second-order valence-corrected chi connectivity index (χ2v) is 5.98. The second-order valence-electron chi connectivity index (χ2n) is 3.23. The van der Waals surface area contributed by atoms with E-state index in [2.05, 4.69) is 6.58 Å². The third-order valence-corrected chi connectivity index (χ3v) is 4.03. The first-order chi connectivity index (χ1) is 6.54. The third kappa shape index (κ3) is 6.28. The van der Waals surface area contributed by atoms with Crippen molar-refractivity contribution < 1.29 is 18.4 Å². The number of rotatable bonds is 8. The summed E-state index contributed by atoms with van der Waals surface area (Å²) in [5.74, 6) is 0. The molecule has 0 saturated carbocycles. The van der Waals surface area contributed by atoms with Gasteiger partial charge in [-0.15, -0.1) is 0 Å². The van der Waals surface area contributed by atoms with Gasteiger partial charge in [0.15, 0.2) is 0 Å². The lowest BCUT2D eigenvalue weighted by Crippen LogP contribution is -2.40. The Morgan fingerprint density at radius 1 is 1.36 bits per heavy atom. The van der Waals surface area contributed by atoms with Crippen molar-refractivity contribution in [2.24, 2.45) is 0 Å². The van der Waals surface area contributed by atoms with Crippen LogP contribution in [0.4, 0.5) is 0 Å². The first kappa shape index (κ1) is 13.8. The average Bonchev–Trinajstić information content (AvgIpc) is 2.16. The van der Waals surface area contributed by atoms with Crippen LogP contribution in [0.3, 0.4) is 0 Å². The highest BCUT2D eigenvalue weighted by Crippen LogP contribution is 2.10. The van der Waals surface area contributed by atoms with E-state index in [4.69, 9.17) is 13.6 Å². The van der Waals surface area contributed by atoms with Crippen LogP contribution in [-0.4, -0.2) is 41.0 Å². The van der Waals surface area contributed by atoms with Gasteiger partial charge in [-0.2, -0.15) is 0 Å². The van der Waals surface area contributed by atoms with Crippen molar-refractivity contribution in [1.29, 1.82) is 0 Å². The van der Waals surface area contributed by atoms with E-state index in [1.165, 1.54) is 14.2 Å². The van der Waals surface area contributed by atoms with Crippen LogP contribution in [-0.2, 0) is 13.6 Å². The lowest BCUT2D eigenvalue weighted by molar-refractivity contribution is 0.131. The summed E-state index contributed by atoms with van der Waals surface area (Å²) in [6, 6.07) is 0.524. The third-order valence-electron chi connectivity index (χ3n) is 1.77. The summed E-state index contributed by atoms with van der Waals surface area (Å²) in [6.45, 7) is 6.79. The van der Waals surface area contributed by atoms with Crippen LogP contribution in [0, 0.1) is 0 Å². The molecule has 84 valence electrons. The Kier molecular flexibility index (Phi) is 7.03. The van der Waals surface area contributed by atoms with Crippen molar-refractivity contribution in [3.05, 3.63) is 12.2 Å². The SMILES string of the molecule is C=C(C)COCCC[Si](O)(OC)OC. The molecule has 0 aliphatic heterocycles. The van der Waals surface area contributed by atoms with Gasteiger partial charge in [-0.25, -0.2) is 0 Å². The molecule has 0 bridgehead atoms. The minimum Gasteiger partial charge on any atom is -0.390 e. The molecule has 0 aromatic carbocycles. The number of hydrogen-bond donors (Lipinski definition) is 1. The van der Waals surface area contributed by atoms with Crippen LogP contribution in [0.1, 0.15) is 13.3 Å². The zero-order chi connectivity index (χ0) is 11.0. The van der Waals surface area contributed by atoms with Gasteiger partial charge in [0.05, 0.1) is 6.61 Å². The minimum atomic E-state index is -2.88. The van der Waals surface area contributed by atoms with Crippen molar-refractivity contribution in [2.75, 3.05) is 27.4 Å². The maximum absolute atomic E-state index is 9.66. The molecule has 0 aliphatic carbocycles. The molecule has 0 saturated heterocycles. The van der Waals surface area contributed by atoms with E-state index in [-0.39, 0.29) is 0 Å². The van der Waals surface area contributed by atoms with E-state index >= 15 is 0 Å². The minimum absolute atomic E-state index is 0.524. The monoisotopic (exact) mass is 220 g/mol. The lowest BCUT2D eigenvalue weighted by atomic mass is 10.4. The summed E-state index contributed by atoms with van der Waals surface area (Å²) >= 11 is 0. The van der Waals surface area contributed by atoms with Crippen LogP contribution in [0.15, 0.2) is 12.2 Å². The Labute approximate surface area is 86.9 Å². The molecular formula is C9H20O4Si. The van der Waals surface area contributed by atoms with Crippen molar-refractivity contribution in [2.45, 2.75) is 19.4 Å². The fourth-order valence-corrected chi connectivity index (χ4v) is 2.10. The first-order valence-electron chi connectivity index (χ1n) is 4.59. The van der Waals surface area contributed by atoms with Gasteiger partial charge >= 0.3 is 8.80 Å². The molecule has 0 rings (SSSR count). The maximum Gasteiger partial charge on any atom is 0.497 e. The fourth-order valence-electron chi connectivity index (χ4n) is 0.931. The summed E-state index contributed by atoms with van der Waals surface area (Å²) in [5, 5.41) is 0. The molecular weight excluding hydrogens is 200 g/mol. The topological polar surface area (TPSA) is 47.9 Å². The molecule has 0 unspecified atom stereocenters. The summed E-state index contributed by atoms with van der Waals surface area (Å²) in [4.78, 5) is 9.66. The summed E-state index contributed by atoms with van der Waals surface area (Å²) in [6.07, 6.45) is 0.734. The van der Waals surface area contributed by atoms with E-state index in [1.807, 2.05) is 6.92 Å². The Morgan fingerprint density at radius 3 is 2.36 bits per heavy atom.